The van der Waals surface area contributed by atoms with Crippen molar-refractivity contribution >= 4 is 35.1 Å². The van der Waals surface area contributed by atoms with E-state index in [1.807, 2.05) is 0 Å². The van der Waals surface area contributed by atoms with Gasteiger partial charge >= 0.3 is 0 Å². The number of aromatic nitrogens is 2. The third-order valence-corrected chi connectivity index (χ3v) is 7.49. The molecule has 0 amide bonds. The number of aryl methyl sites for hydroxylation is 2. The molecule has 0 aliphatic carbocycles. The maximum absolute atomic E-state index is 5.21. The zero-order valence-corrected chi connectivity index (χ0v) is 17.9. The molecule has 142 valence electrons. The zero-order chi connectivity index (χ0) is 19.7. The van der Waals surface area contributed by atoms with Gasteiger partial charge in [0, 0.05) is 14.5 Å². The van der Waals surface area contributed by atoms with Gasteiger partial charge < -0.3 is 4.57 Å². The summed E-state index contributed by atoms with van der Waals surface area (Å²) in [7, 11) is -0.712. The molecule has 2 nitrogen and oxygen atoms in total. The first-order valence-corrected chi connectivity index (χ1v) is 11.3. The lowest BCUT2D eigenvalue weighted by atomic mass is 10.1. The summed E-state index contributed by atoms with van der Waals surface area (Å²) in [5.41, 5.74) is 6.19. The van der Waals surface area contributed by atoms with E-state index in [-0.39, 0.29) is 0 Å². The van der Waals surface area contributed by atoms with E-state index in [2.05, 4.69) is 105 Å². The van der Waals surface area contributed by atoms with Crippen molar-refractivity contribution < 1.29 is 0 Å². The Labute approximate surface area is 169 Å². The lowest BCUT2D eigenvalue weighted by molar-refractivity contribution is 0.541. The zero-order valence-electron chi connectivity index (χ0n) is 17.1. The Kier molecular flexibility index (Phi) is 5.33. The van der Waals surface area contributed by atoms with Gasteiger partial charge in [-0.2, -0.15) is 0 Å². The summed E-state index contributed by atoms with van der Waals surface area (Å²) in [5, 5.41) is 2.69. The van der Waals surface area contributed by atoms with Gasteiger partial charge in [-0.25, -0.2) is 4.98 Å². The van der Waals surface area contributed by atoms with E-state index in [1.165, 1.54) is 32.8 Å². The fraction of sp³-hybridized carbons (Fsp3) is 0.240. The molecule has 28 heavy (non-hydrogen) atoms. The van der Waals surface area contributed by atoms with Crippen LogP contribution >= 0.6 is 7.92 Å². The molecule has 0 saturated carbocycles. The molecule has 0 unspecified atom stereocenters. The number of rotatable bonds is 5. The van der Waals surface area contributed by atoms with Gasteiger partial charge in [0.05, 0.1) is 11.0 Å². The molecule has 0 aliphatic heterocycles. The van der Waals surface area contributed by atoms with Crippen LogP contribution in [0.3, 0.4) is 0 Å². The van der Waals surface area contributed by atoms with Crippen molar-refractivity contribution in [1.29, 1.82) is 0 Å². The first-order chi connectivity index (χ1) is 13.5. The van der Waals surface area contributed by atoms with Gasteiger partial charge in [-0.1, -0.05) is 74.5 Å². The quantitative estimate of drug-likeness (QED) is 0.438. The van der Waals surface area contributed by atoms with Crippen LogP contribution < -0.4 is 16.2 Å². The molecule has 0 aliphatic rings. The summed E-state index contributed by atoms with van der Waals surface area (Å²) < 4.78 is 2.47. The van der Waals surface area contributed by atoms with E-state index in [0.717, 1.165) is 12.1 Å². The molecule has 4 aromatic rings. The van der Waals surface area contributed by atoms with E-state index < -0.39 is 7.92 Å². The highest BCUT2D eigenvalue weighted by Crippen LogP contribution is 2.34. The van der Waals surface area contributed by atoms with E-state index in [1.54, 1.807) is 0 Å². The molecule has 4 rings (SSSR count). The molecule has 0 atom stereocenters. The molecular formula is C25H27N2P. The molecule has 0 saturated heterocycles. The Morgan fingerprint density at radius 2 is 1.36 bits per heavy atom. The van der Waals surface area contributed by atoms with E-state index in [9.17, 15) is 0 Å². The molecule has 1 aromatic heterocycles. The highest BCUT2D eigenvalue weighted by Gasteiger charge is 2.24. The highest BCUT2D eigenvalue weighted by molar-refractivity contribution is 7.79. The lowest BCUT2D eigenvalue weighted by Crippen LogP contribution is -2.29. The van der Waals surface area contributed by atoms with Gasteiger partial charge in [0.1, 0.15) is 5.57 Å². The van der Waals surface area contributed by atoms with Crippen LogP contribution in [0.1, 0.15) is 25.0 Å². The number of nitrogens with zero attached hydrogens (tertiary/aromatic N) is 2. The average molecular weight is 386 g/mol. The van der Waals surface area contributed by atoms with E-state index in [4.69, 9.17) is 4.98 Å². The lowest BCUT2D eigenvalue weighted by Gasteiger charge is -2.21. The Bertz CT molecular complexity index is 1040. The summed E-state index contributed by atoms with van der Waals surface area (Å²) in [5.74, 6) is 0.557. The first kappa shape index (κ1) is 18.9. The fourth-order valence-corrected chi connectivity index (χ4v) is 5.96. The van der Waals surface area contributed by atoms with Crippen molar-refractivity contribution in [3.05, 3.63) is 83.9 Å². The van der Waals surface area contributed by atoms with Gasteiger partial charge in [-0.05, 0) is 53.6 Å². The maximum atomic E-state index is 5.21. The second-order valence-corrected chi connectivity index (χ2v) is 9.95. The molecular weight excluding hydrogens is 359 g/mol. The minimum Gasteiger partial charge on any atom is -0.323 e. The van der Waals surface area contributed by atoms with Gasteiger partial charge in [-0.3, -0.25) is 0 Å². The standard InChI is InChI=1S/C25H27N2P/c1-18(2)17-27-24-16-20(4)19(3)15-23(24)26-25(27)28(21-11-7-5-8-12-21)22-13-9-6-10-14-22/h5-16,18H,17H2,1-4H3. The van der Waals surface area contributed by atoms with Crippen LogP contribution in [0, 0.1) is 19.8 Å². The Hall–Kier alpha value is -2.44. The number of fused-ring (bicyclic) bond motifs is 1. The second kappa shape index (κ2) is 7.89. The second-order valence-electron chi connectivity index (χ2n) is 7.85. The molecule has 3 aromatic carbocycles. The van der Waals surface area contributed by atoms with Crippen LogP contribution in [-0.2, 0) is 6.54 Å². The third kappa shape index (κ3) is 3.62. The molecule has 0 bridgehead atoms. The first-order valence-electron chi connectivity index (χ1n) is 9.92. The normalized spacial score (nSPS) is 11.6. The highest BCUT2D eigenvalue weighted by atomic mass is 31.1. The largest absolute Gasteiger partial charge is 0.323 e. The molecule has 0 spiro atoms. The van der Waals surface area contributed by atoms with E-state index >= 15 is 0 Å². The van der Waals surface area contributed by atoms with Crippen molar-refractivity contribution in [3.8, 4) is 0 Å². The molecule has 1 heterocycles. The van der Waals surface area contributed by atoms with Gasteiger partial charge in [0.15, 0.2) is 0 Å². The van der Waals surface area contributed by atoms with Gasteiger partial charge in [0.25, 0.3) is 0 Å². The third-order valence-electron chi connectivity index (χ3n) is 5.12. The van der Waals surface area contributed by atoms with Crippen LogP contribution in [0.4, 0.5) is 0 Å². The molecule has 0 radical (unpaired) electrons. The SMILES string of the molecule is Cc1cc2nc(P(c3ccccc3)c3ccccc3)n(CC(C)C)c2cc1C. The number of imidazole rings is 1. The Morgan fingerprint density at radius 1 is 0.821 bits per heavy atom. The smallest absolute Gasteiger partial charge is 0.141 e. The Morgan fingerprint density at radius 3 is 1.89 bits per heavy atom. The summed E-state index contributed by atoms with van der Waals surface area (Å²) in [4.78, 5) is 5.21. The van der Waals surface area contributed by atoms with E-state index in [0.29, 0.717) is 5.92 Å². The topological polar surface area (TPSA) is 17.8 Å². The van der Waals surface area contributed by atoms with Gasteiger partial charge in [0.2, 0.25) is 0 Å². The van der Waals surface area contributed by atoms with Crippen LogP contribution in [0.2, 0.25) is 0 Å². The predicted molar refractivity (Wildman–Crippen MR) is 123 cm³/mol. The van der Waals surface area contributed by atoms with Crippen molar-refractivity contribution in [2.24, 2.45) is 5.92 Å². The fourth-order valence-electron chi connectivity index (χ4n) is 3.62. The van der Waals surface area contributed by atoms with Gasteiger partial charge in [-0.15, -0.1) is 0 Å². The van der Waals surface area contributed by atoms with Crippen LogP contribution in [0.25, 0.3) is 11.0 Å². The van der Waals surface area contributed by atoms with Crippen LogP contribution in [-0.4, -0.2) is 9.55 Å². The summed E-state index contributed by atoms with van der Waals surface area (Å²) in [6.07, 6.45) is 0. The molecule has 0 fully saturated rings. The molecule has 0 N–H and O–H groups in total. The maximum Gasteiger partial charge on any atom is 0.141 e. The van der Waals surface area contributed by atoms with Crippen molar-refractivity contribution in [1.82, 2.24) is 9.55 Å². The van der Waals surface area contributed by atoms with Crippen molar-refractivity contribution in [2.45, 2.75) is 34.2 Å². The number of hydrogen-bond acceptors (Lipinski definition) is 1. The van der Waals surface area contributed by atoms with Crippen LogP contribution in [0.15, 0.2) is 72.8 Å². The predicted octanol–water partition coefficient (Wildman–Crippen LogP) is 5.07. The van der Waals surface area contributed by atoms with Crippen molar-refractivity contribution in [3.63, 3.8) is 0 Å². The summed E-state index contributed by atoms with van der Waals surface area (Å²) in [6, 6.07) is 26.3. The minimum atomic E-state index is -0.712. The van der Waals surface area contributed by atoms with Crippen LogP contribution in [0.5, 0.6) is 0 Å². The Balaban J connectivity index is 2.00. The van der Waals surface area contributed by atoms with Crippen molar-refractivity contribution in [2.75, 3.05) is 0 Å². The monoisotopic (exact) mass is 386 g/mol. The molecule has 3 heteroatoms. The number of benzene rings is 3. The number of hydrogen-bond donors (Lipinski definition) is 0. The summed E-state index contributed by atoms with van der Waals surface area (Å²) >= 11 is 0. The summed E-state index contributed by atoms with van der Waals surface area (Å²) in [6.45, 7) is 9.91. The minimum absolute atomic E-state index is 0.557. The average Bonchev–Trinajstić information content (AvgIpc) is 3.01.